The van der Waals surface area contributed by atoms with Gasteiger partial charge in [0, 0.05) is 24.4 Å². The Kier molecular flexibility index (Phi) is 5.39. The van der Waals surface area contributed by atoms with Crippen molar-refractivity contribution >= 4 is 34.2 Å². The number of fused-ring (bicyclic) bond motifs is 1. The maximum absolute atomic E-state index is 12.8. The molecule has 30 heavy (non-hydrogen) atoms. The second-order valence-corrected chi connectivity index (χ2v) is 7.62. The van der Waals surface area contributed by atoms with Gasteiger partial charge in [-0.15, -0.1) is 0 Å². The Balaban J connectivity index is 1.48. The zero-order valence-corrected chi connectivity index (χ0v) is 17.3. The van der Waals surface area contributed by atoms with E-state index in [1.165, 1.54) is 0 Å². The van der Waals surface area contributed by atoms with E-state index >= 15 is 0 Å². The van der Waals surface area contributed by atoms with Crippen molar-refractivity contribution in [2.45, 2.75) is 33.2 Å². The fraction of sp³-hybridized carbons (Fsp3) is 0.364. The molecule has 2 aromatic heterocycles. The average Bonchev–Trinajstić information content (AvgIpc) is 3.32. The number of amides is 2. The van der Waals surface area contributed by atoms with Crippen LogP contribution in [0.3, 0.4) is 0 Å². The number of hydrogen-bond acceptors (Lipinski definition) is 5. The number of carbonyl (C=O) groups excluding carboxylic acids is 2. The molecule has 1 aromatic carbocycles. The van der Waals surface area contributed by atoms with Crippen LogP contribution in [0.15, 0.2) is 42.7 Å². The topological polar surface area (TPSA) is 89.3 Å². The fourth-order valence-electron chi connectivity index (χ4n) is 3.70. The number of ether oxygens (including phenoxy) is 1. The fourth-order valence-corrected chi connectivity index (χ4v) is 3.70. The molecule has 1 fully saturated rings. The Hall–Kier alpha value is -3.42. The summed E-state index contributed by atoms with van der Waals surface area (Å²) in [5.74, 6) is -0.0845. The molecule has 1 aliphatic heterocycles. The van der Waals surface area contributed by atoms with Crippen molar-refractivity contribution in [3.05, 3.63) is 42.7 Å². The van der Waals surface area contributed by atoms with Gasteiger partial charge >= 0.3 is 0 Å². The van der Waals surface area contributed by atoms with E-state index < -0.39 is 5.92 Å². The zero-order valence-electron chi connectivity index (χ0n) is 17.3. The number of rotatable bonds is 6. The molecular weight excluding hydrogens is 382 g/mol. The Morgan fingerprint density at radius 1 is 1.30 bits per heavy atom. The van der Waals surface area contributed by atoms with Gasteiger partial charge in [0.2, 0.25) is 11.8 Å². The molecule has 1 atom stereocenters. The third kappa shape index (κ3) is 3.72. The molecule has 8 nitrogen and oxygen atoms in total. The lowest BCUT2D eigenvalue weighted by Crippen LogP contribution is -2.28. The van der Waals surface area contributed by atoms with Crippen molar-refractivity contribution in [1.82, 2.24) is 14.8 Å². The first kappa shape index (κ1) is 19.9. The minimum atomic E-state index is -0.443. The Morgan fingerprint density at radius 3 is 2.87 bits per heavy atom. The summed E-state index contributed by atoms with van der Waals surface area (Å²) in [6, 6.07) is 9.45. The van der Waals surface area contributed by atoms with E-state index in [2.05, 4.69) is 15.4 Å². The number of anilines is 2. The standard InChI is InChI=1S/C22H25N5O3/c1-4-30-19-8-6-5-7-18(19)26-13-16(10-20(26)28)22(29)25-17-9-15-11-24-27(14(2)3)21(15)23-12-17/h5-9,11-12,14,16H,4,10,13H2,1-3H3,(H,25,29)/t16-/m1/s1. The summed E-state index contributed by atoms with van der Waals surface area (Å²) >= 11 is 0. The highest BCUT2D eigenvalue weighted by molar-refractivity contribution is 6.04. The lowest BCUT2D eigenvalue weighted by molar-refractivity contribution is -0.122. The van der Waals surface area contributed by atoms with Gasteiger partial charge in [-0.1, -0.05) is 12.1 Å². The van der Waals surface area contributed by atoms with Crippen LogP contribution in [0.5, 0.6) is 5.75 Å². The number of aromatic nitrogens is 3. The second-order valence-electron chi connectivity index (χ2n) is 7.62. The second kappa shape index (κ2) is 8.14. The van der Waals surface area contributed by atoms with E-state index in [4.69, 9.17) is 4.74 Å². The van der Waals surface area contributed by atoms with Crippen molar-refractivity contribution in [1.29, 1.82) is 0 Å². The van der Waals surface area contributed by atoms with Crippen LogP contribution in [0.2, 0.25) is 0 Å². The van der Waals surface area contributed by atoms with Crippen LogP contribution in [-0.2, 0) is 9.59 Å². The molecule has 3 heterocycles. The SMILES string of the molecule is CCOc1ccccc1N1C[C@H](C(=O)Nc2cnc3c(cnn3C(C)C)c2)CC1=O. The molecule has 0 radical (unpaired) electrons. The van der Waals surface area contributed by atoms with E-state index in [0.29, 0.717) is 30.3 Å². The van der Waals surface area contributed by atoms with Crippen LogP contribution >= 0.6 is 0 Å². The highest BCUT2D eigenvalue weighted by atomic mass is 16.5. The summed E-state index contributed by atoms with van der Waals surface area (Å²) < 4.78 is 7.48. The van der Waals surface area contributed by atoms with Crippen molar-refractivity contribution in [3.63, 3.8) is 0 Å². The van der Waals surface area contributed by atoms with E-state index in [1.54, 1.807) is 17.3 Å². The summed E-state index contributed by atoms with van der Waals surface area (Å²) in [6.45, 7) is 6.79. The van der Waals surface area contributed by atoms with E-state index in [-0.39, 0.29) is 24.3 Å². The van der Waals surface area contributed by atoms with Crippen LogP contribution in [0.25, 0.3) is 11.0 Å². The van der Waals surface area contributed by atoms with Gasteiger partial charge in [0.25, 0.3) is 0 Å². The molecule has 1 saturated heterocycles. The summed E-state index contributed by atoms with van der Waals surface area (Å²) in [7, 11) is 0. The van der Waals surface area contributed by atoms with Gasteiger partial charge in [-0.3, -0.25) is 9.59 Å². The maximum Gasteiger partial charge on any atom is 0.229 e. The molecule has 8 heteroatoms. The highest BCUT2D eigenvalue weighted by Gasteiger charge is 2.36. The van der Waals surface area contributed by atoms with E-state index in [1.807, 2.05) is 55.8 Å². The molecule has 0 bridgehead atoms. The quantitative estimate of drug-likeness (QED) is 0.676. The Bertz CT molecular complexity index is 1090. The molecule has 1 N–H and O–H groups in total. The minimum Gasteiger partial charge on any atom is -0.492 e. The molecule has 3 aromatic rings. The van der Waals surface area contributed by atoms with Crippen molar-refractivity contribution < 1.29 is 14.3 Å². The van der Waals surface area contributed by atoms with E-state index in [9.17, 15) is 9.59 Å². The smallest absolute Gasteiger partial charge is 0.229 e. The minimum absolute atomic E-state index is 0.0888. The average molecular weight is 407 g/mol. The van der Waals surface area contributed by atoms with Crippen molar-refractivity contribution in [3.8, 4) is 5.75 Å². The molecule has 156 valence electrons. The van der Waals surface area contributed by atoms with Gasteiger partial charge in [-0.05, 0) is 39.0 Å². The van der Waals surface area contributed by atoms with Gasteiger partial charge in [0.15, 0.2) is 5.65 Å². The van der Waals surface area contributed by atoms with Crippen LogP contribution in [0.1, 0.15) is 33.2 Å². The molecule has 0 spiro atoms. The molecule has 0 saturated carbocycles. The lowest BCUT2D eigenvalue weighted by Gasteiger charge is -2.20. The Labute approximate surface area is 174 Å². The van der Waals surface area contributed by atoms with Crippen LogP contribution in [0.4, 0.5) is 11.4 Å². The molecular formula is C22H25N5O3. The molecule has 2 amide bonds. The van der Waals surface area contributed by atoms with Gasteiger partial charge in [-0.2, -0.15) is 5.10 Å². The summed E-state index contributed by atoms with van der Waals surface area (Å²) in [5, 5.41) is 8.10. The monoisotopic (exact) mass is 407 g/mol. The summed E-state index contributed by atoms with van der Waals surface area (Å²) in [5.41, 5.74) is 2.07. The zero-order chi connectivity index (χ0) is 21.3. The molecule has 0 unspecified atom stereocenters. The number of benzene rings is 1. The third-order valence-electron chi connectivity index (χ3n) is 5.14. The number of pyridine rings is 1. The van der Waals surface area contributed by atoms with Crippen molar-refractivity contribution in [2.75, 3.05) is 23.4 Å². The van der Waals surface area contributed by atoms with Crippen LogP contribution in [0, 0.1) is 5.92 Å². The first-order chi connectivity index (χ1) is 14.5. The first-order valence-electron chi connectivity index (χ1n) is 10.1. The predicted octanol–water partition coefficient (Wildman–Crippen LogP) is 3.40. The molecule has 4 rings (SSSR count). The van der Waals surface area contributed by atoms with Crippen molar-refractivity contribution in [2.24, 2.45) is 5.92 Å². The maximum atomic E-state index is 12.8. The number of carbonyl (C=O) groups is 2. The third-order valence-corrected chi connectivity index (χ3v) is 5.14. The van der Waals surface area contributed by atoms with Gasteiger partial charge < -0.3 is 15.0 Å². The van der Waals surface area contributed by atoms with E-state index in [0.717, 1.165) is 11.0 Å². The van der Waals surface area contributed by atoms with Crippen LogP contribution < -0.4 is 15.0 Å². The van der Waals surface area contributed by atoms with Gasteiger partial charge in [0.1, 0.15) is 5.75 Å². The predicted molar refractivity (Wildman–Crippen MR) is 115 cm³/mol. The van der Waals surface area contributed by atoms with Gasteiger partial charge in [0.05, 0.1) is 36.3 Å². The summed E-state index contributed by atoms with van der Waals surface area (Å²) in [4.78, 5) is 31.5. The summed E-state index contributed by atoms with van der Waals surface area (Å²) in [6.07, 6.45) is 3.52. The largest absolute Gasteiger partial charge is 0.492 e. The molecule has 0 aliphatic carbocycles. The first-order valence-corrected chi connectivity index (χ1v) is 10.1. The lowest BCUT2D eigenvalue weighted by atomic mass is 10.1. The normalized spacial score (nSPS) is 16.5. The number of nitrogens with one attached hydrogen (secondary N) is 1. The van der Waals surface area contributed by atoms with Gasteiger partial charge in [-0.25, -0.2) is 9.67 Å². The Morgan fingerprint density at radius 2 is 2.10 bits per heavy atom. The highest BCUT2D eigenvalue weighted by Crippen LogP contribution is 2.33. The van der Waals surface area contributed by atoms with Crippen LogP contribution in [-0.4, -0.2) is 39.7 Å². The number of para-hydroxylation sites is 2. The molecule has 1 aliphatic rings. The number of hydrogen-bond donors (Lipinski definition) is 1. The number of nitrogens with zero attached hydrogens (tertiary/aromatic N) is 4.